The van der Waals surface area contributed by atoms with Crippen LogP contribution in [-0.2, 0) is 17.9 Å². The molecule has 0 aliphatic heterocycles. The van der Waals surface area contributed by atoms with Crippen molar-refractivity contribution in [2.45, 2.75) is 58.7 Å². The van der Waals surface area contributed by atoms with E-state index in [9.17, 15) is 14.7 Å². The van der Waals surface area contributed by atoms with Crippen LogP contribution in [0.25, 0.3) is 11.0 Å². The first kappa shape index (κ1) is 17.7. The lowest BCUT2D eigenvalue weighted by Gasteiger charge is -2.38. The van der Waals surface area contributed by atoms with Gasteiger partial charge in [-0.3, -0.25) is 13.9 Å². The fraction of sp³-hybridized carbons (Fsp3) is 0.579. The Hall–Kier alpha value is -2.08. The molecule has 0 saturated heterocycles. The summed E-state index contributed by atoms with van der Waals surface area (Å²) in [5, 5.41) is 13.2. The number of aliphatic hydroxyl groups is 1. The molecule has 3 rings (SSSR count). The lowest BCUT2D eigenvalue weighted by atomic mass is 9.73. The third-order valence-corrected chi connectivity index (χ3v) is 5.51. The quantitative estimate of drug-likeness (QED) is 0.869. The third kappa shape index (κ3) is 3.35. The number of nitrogens with zero attached hydrogens (tertiary/aromatic N) is 2. The van der Waals surface area contributed by atoms with Gasteiger partial charge in [-0.05, 0) is 31.9 Å². The van der Waals surface area contributed by atoms with E-state index in [0.717, 1.165) is 36.7 Å². The second-order valence-electron chi connectivity index (χ2n) is 7.29. The maximum Gasteiger partial charge on any atom is 0.329 e. The average Bonchev–Trinajstić information content (AvgIpc) is 2.88. The maximum atomic E-state index is 12.6. The topological polar surface area (TPSA) is 76.3 Å². The van der Waals surface area contributed by atoms with E-state index in [1.165, 1.54) is 4.57 Å². The van der Waals surface area contributed by atoms with E-state index in [4.69, 9.17) is 0 Å². The number of aromatic nitrogens is 2. The van der Waals surface area contributed by atoms with E-state index in [2.05, 4.69) is 5.32 Å². The van der Waals surface area contributed by atoms with Crippen molar-refractivity contribution in [3.8, 4) is 0 Å². The van der Waals surface area contributed by atoms with E-state index in [1.54, 1.807) is 4.57 Å². The van der Waals surface area contributed by atoms with Gasteiger partial charge >= 0.3 is 5.69 Å². The Morgan fingerprint density at radius 1 is 1.28 bits per heavy atom. The van der Waals surface area contributed by atoms with Crippen LogP contribution in [0.5, 0.6) is 0 Å². The highest BCUT2D eigenvalue weighted by Crippen LogP contribution is 2.35. The van der Waals surface area contributed by atoms with E-state index < -0.39 is 0 Å². The number of aliphatic hydroxyl groups excluding tert-OH is 1. The number of amides is 1. The largest absolute Gasteiger partial charge is 0.392 e. The summed E-state index contributed by atoms with van der Waals surface area (Å²) < 4.78 is 3.20. The standard InChI is InChI=1S/C19H27N3O3/c1-3-21-14-8-4-5-9-15(14)22(18(21)25)12-17(24)20-13-19(2)11-7-6-10-16(19)23/h4-5,8-9,16,23H,3,6-7,10-13H2,1-2H3,(H,20,24)/t16-,19+/m0/s1. The molecule has 1 fully saturated rings. The fourth-order valence-corrected chi connectivity index (χ4v) is 3.82. The first-order valence-corrected chi connectivity index (χ1v) is 9.09. The Bertz CT molecular complexity index is 823. The number of imidazole rings is 1. The van der Waals surface area contributed by atoms with Crippen molar-refractivity contribution < 1.29 is 9.90 Å². The summed E-state index contributed by atoms with van der Waals surface area (Å²) in [6, 6.07) is 7.52. The van der Waals surface area contributed by atoms with Crippen molar-refractivity contribution in [2.24, 2.45) is 5.41 Å². The summed E-state index contributed by atoms with van der Waals surface area (Å²) in [5.41, 5.74) is 1.17. The van der Waals surface area contributed by atoms with Crippen molar-refractivity contribution in [1.82, 2.24) is 14.5 Å². The minimum Gasteiger partial charge on any atom is -0.392 e. The minimum absolute atomic E-state index is 0.00147. The molecule has 1 aromatic heterocycles. The predicted molar refractivity (Wildman–Crippen MR) is 97.5 cm³/mol. The monoisotopic (exact) mass is 345 g/mol. The van der Waals surface area contributed by atoms with E-state index in [1.807, 2.05) is 38.1 Å². The molecule has 1 aliphatic carbocycles. The fourth-order valence-electron chi connectivity index (χ4n) is 3.82. The first-order chi connectivity index (χ1) is 12.0. The molecule has 25 heavy (non-hydrogen) atoms. The van der Waals surface area contributed by atoms with Gasteiger partial charge in [-0.2, -0.15) is 0 Å². The molecule has 1 aromatic carbocycles. The molecule has 1 saturated carbocycles. The highest BCUT2D eigenvalue weighted by molar-refractivity contribution is 5.80. The van der Waals surface area contributed by atoms with Crippen molar-refractivity contribution in [3.63, 3.8) is 0 Å². The normalized spacial score (nSPS) is 23.7. The number of rotatable bonds is 5. The van der Waals surface area contributed by atoms with Gasteiger partial charge < -0.3 is 10.4 Å². The van der Waals surface area contributed by atoms with Crippen molar-refractivity contribution in [1.29, 1.82) is 0 Å². The molecule has 1 amide bonds. The summed E-state index contributed by atoms with van der Waals surface area (Å²) in [6.45, 7) is 4.95. The number of fused-ring (bicyclic) bond motifs is 1. The lowest BCUT2D eigenvalue weighted by Crippen LogP contribution is -2.46. The Labute approximate surface area is 147 Å². The molecule has 1 heterocycles. The van der Waals surface area contributed by atoms with Crippen LogP contribution >= 0.6 is 0 Å². The van der Waals surface area contributed by atoms with Gasteiger partial charge in [0, 0.05) is 18.5 Å². The van der Waals surface area contributed by atoms with Gasteiger partial charge in [0.2, 0.25) is 5.91 Å². The van der Waals surface area contributed by atoms with Gasteiger partial charge in [0.05, 0.1) is 17.1 Å². The summed E-state index contributed by atoms with van der Waals surface area (Å²) in [5.74, 6) is -0.194. The van der Waals surface area contributed by atoms with Crippen molar-refractivity contribution in [3.05, 3.63) is 34.7 Å². The van der Waals surface area contributed by atoms with E-state index in [-0.39, 0.29) is 29.7 Å². The SMILES string of the molecule is CCn1c(=O)n(CC(=O)NC[C@@]2(C)CCCC[C@@H]2O)c2ccccc21. The number of aryl methyl sites for hydroxylation is 1. The summed E-state index contributed by atoms with van der Waals surface area (Å²) in [4.78, 5) is 25.0. The molecule has 6 heteroatoms. The van der Waals surface area contributed by atoms with Gasteiger partial charge in [0.15, 0.2) is 0 Å². The van der Waals surface area contributed by atoms with Crippen LogP contribution in [0.4, 0.5) is 0 Å². The summed E-state index contributed by atoms with van der Waals surface area (Å²) in [6.07, 6.45) is 3.43. The number of benzene rings is 1. The number of carbonyl (C=O) groups excluding carboxylic acids is 1. The zero-order valence-electron chi connectivity index (χ0n) is 15.0. The third-order valence-electron chi connectivity index (χ3n) is 5.51. The maximum absolute atomic E-state index is 12.6. The van der Waals surface area contributed by atoms with Gasteiger partial charge in [-0.1, -0.05) is 31.9 Å². The number of carbonyl (C=O) groups is 1. The van der Waals surface area contributed by atoms with E-state index in [0.29, 0.717) is 13.1 Å². The molecule has 0 radical (unpaired) electrons. The molecule has 2 N–H and O–H groups in total. The van der Waals surface area contributed by atoms with Gasteiger partial charge in [0.1, 0.15) is 6.54 Å². The number of hydrogen-bond acceptors (Lipinski definition) is 3. The van der Waals surface area contributed by atoms with Crippen LogP contribution in [0.3, 0.4) is 0 Å². The summed E-state index contributed by atoms with van der Waals surface area (Å²) >= 11 is 0. The first-order valence-electron chi connectivity index (χ1n) is 9.09. The average molecular weight is 345 g/mol. The highest BCUT2D eigenvalue weighted by atomic mass is 16.3. The zero-order chi connectivity index (χ0) is 18.0. The van der Waals surface area contributed by atoms with Crippen LogP contribution in [0.15, 0.2) is 29.1 Å². The Balaban J connectivity index is 1.74. The number of hydrogen-bond donors (Lipinski definition) is 2. The van der Waals surface area contributed by atoms with Gasteiger partial charge in [-0.25, -0.2) is 4.79 Å². The zero-order valence-corrected chi connectivity index (χ0v) is 15.0. The Kier molecular flexibility index (Phi) is 4.99. The Morgan fingerprint density at radius 3 is 2.60 bits per heavy atom. The lowest BCUT2D eigenvalue weighted by molar-refractivity contribution is -0.122. The molecule has 0 bridgehead atoms. The van der Waals surface area contributed by atoms with Crippen molar-refractivity contribution in [2.75, 3.05) is 6.54 Å². The minimum atomic E-state index is -0.383. The highest BCUT2D eigenvalue weighted by Gasteiger charge is 2.35. The molecule has 0 spiro atoms. The van der Waals surface area contributed by atoms with Crippen LogP contribution in [0, 0.1) is 5.41 Å². The van der Waals surface area contributed by atoms with Crippen LogP contribution in [-0.4, -0.2) is 32.8 Å². The van der Waals surface area contributed by atoms with Crippen LogP contribution in [0.1, 0.15) is 39.5 Å². The number of para-hydroxylation sites is 2. The molecular formula is C19H27N3O3. The summed E-state index contributed by atoms with van der Waals surface area (Å²) in [7, 11) is 0. The Morgan fingerprint density at radius 2 is 1.96 bits per heavy atom. The van der Waals surface area contributed by atoms with Crippen molar-refractivity contribution >= 4 is 16.9 Å². The number of nitrogens with one attached hydrogen (secondary N) is 1. The molecule has 2 aromatic rings. The molecule has 0 unspecified atom stereocenters. The molecule has 1 aliphatic rings. The predicted octanol–water partition coefficient (Wildman–Crippen LogP) is 1.88. The second kappa shape index (κ2) is 7.04. The molecule has 6 nitrogen and oxygen atoms in total. The van der Waals surface area contributed by atoms with Crippen LogP contribution in [0.2, 0.25) is 0 Å². The van der Waals surface area contributed by atoms with Gasteiger partial charge in [0.25, 0.3) is 0 Å². The second-order valence-corrected chi connectivity index (χ2v) is 7.29. The molecule has 2 atom stereocenters. The van der Waals surface area contributed by atoms with Gasteiger partial charge in [-0.15, -0.1) is 0 Å². The van der Waals surface area contributed by atoms with E-state index >= 15 is 0 Å². The van der Waals surface area contributed by atoms with Crippen LogP contribution < -0.4 is 11.0 Å². The molecular weight excluding hydrogens is 318 g/mol. The molecule has 136 valence electrons. The smallest absolute Gasteiger partial charge is 0.329 e.